The van der Waals surface area contributed by atoms with Crippen molar-refractivity contribution in [1.82, 2.24) is 5.32 Å². The van der Waals surface area contributed by atoms with Gasteiger partial charge in [0.25, 0.3) is 5.91 Å². The van der Waals surface area contributed by atoms with E-state index in [0.717, 1.165) is 16.7 Å². The SMILES string of the molecule is Cc1ccc(NC(=O)CNC(=O)COc2cc(C)ccc2C)c(Cl)c1. The second-order valence-corrected chi connectivity index (χ2v) is 6.27. The molecule has 0 heterocycles. The van der Waals surface area contributed by atoms with Gasteiger partial charge in [-0.3, -0.25) is 9.59 Å². The van der Waals surface area contributed by atoms with E-state index in [1.165, 1.54) is 0 Å². The number of rotatable bonds is 6. The van der Waals surface area contributed by atoms with Crippen LogP contribution >= 0.6 is 11.6 Å². The molecule has 0 spiro atoms. The molecule has 0 atom stereocenters. The Morgan fingerprint density at radius 3 is 2.40 bits per heavy atom. The van der Waals surface area contributed by atoms with Crippen molar-refractivity contribution in [3.05, 3.63) is 58.1 Å². The van der Waals surface area contributed by atoms with Gasteiger partial charge in [-0.25, -0.2) is 0 Å². The molecule has 0 aliphatic carbocycles. The van der Waals surface area contributed by atoms with E-state index >= 15 is 0 Å². The summed E-state index contributed by atoms with van der Waals surface area (Å²) in [4.78, 5) is 23.7. The van der Waals surface area contributed by atoms with Gasteiger partial charge in [-0.2, -0.15) is 0 Å². The zero-order valence-corrected chi connectivity index (χ0v) is 15.2. The Morgan fingerprint density at radius 1 is 1.00 bits per heavy atom. The standard InChI is InChI=1S/C19H21ClN2O3/c1-12-5-7-16(15(20)8-12)22-18(23)10-21-19(24)11-25-17-9-13(2)4-6-14(17)3/h4-9H,10-11H2,1-3H3,(H,21,24)(H,22,23). The molecule has 2 amide bonds. The summed E-state index contributed by atoms with van der Waals surface area (Å²) < 4.78 is 5.50. The number of carbonyl (C=O) groups is 2. The number of amides is 2. The first kappa shape index (κ1) is 18.8. The lowest BCUT2D eigenvalue weighted by Gasteiger charge is -2.11. The van der Waals surface area contributed by atoms with Crippen LogP contribution in [0.15, 0.2) is 36.4 Å². The molecule has 0 bridgehead atoms. The van der Waals surface area contributed by atoms with E-state index < -0.39 is 0 Å². The second-order valence-electron chi connectivity index (χ2n) is 5.87. The summed E-state index contributed by atoms with van der Waals surface area (Å²) in [5.41, 5.74) is 3.51. The molecule has 2 aromatic rings. The van der Waals surface area contributed by atoms with Gasteiger partial charge in [0.05, 0.1) is 17.3 Å². The van der Waals surface area contributed by atoms with Gasteiger partial charge in [0.15, 0.2) is 6.61 Å². The Kier molecular flexibility index (Phi) is 6.42. The summed E-state index contributed by atoms with van der Waals surface area (Å²) >= 11 is 6.06. The fourth-order valence-electron chi connectivity index (χ4n) is 2.15. The number of carbonyl (C=O) groups excluding carboxylic acids is 2. The van der Waals surface area contributed by atoms with Gasteiger partial charge in [-0.05, 0) is 55.7 Å². The molecule has 0 unspecified atom stereocenters. The van der Waals surface area contributed by atoms with Gasteiger partial charge in [0.1, 0.15) is 5.75 Å². The molecule has 5 nitrogen and oxygen atoms in total. The van der Waals surface area contributed by atoms with Crippen molar-refractivity contribution in [2.75, 3.05) is 18.5 Å². The van der Waals surface area contributed by atoms with E-state index in [1.54, 1.807) is 12.1 Å². The molecule has 132 valence electrons. The molecule has 6 heteroatoms. The van der Waals surface area contributed by atoms with Crippen LogP contribution in [0.1, 0.15) is 16.7 Å². The highest BCUT2D eigenvalue weighted by Crippen LogP contribution is 2.22. The van der Waals surface area contributed by atoms with Crippen LogP contribution in [-0.2, 0) is 9.59 Å². The monoisotopic (exact) mass is 360 g/mol. The molecular formula is C19H21ClN2O3. The Bertz CT molecular complexity index is 790. The van der Waals surface area contributed by atoms with Crippen LogP contribution < -0.4 is 15.4 Å². The highest BCUT2D eigenvalue weighted by Gasteiger charge is 2.09. The highest BCUT2D eigenvalue weighted by atomic mass is 35.5. The highest BCUT2D eigenvalue weighted by molar-refractivity contribution is 6.33. The van der Waals surface area contributed by atoms with Gasteiger partial charge in [-0.15, -0.1) is 0 Å². The zero-order chi connectivity index (χ0) is 18.4. The lowest BCUT2D eigenvalue weighted by molar-refractivity contribution is -0.125. The molecule has 25 heavy (non-hydrogen) atoms. The Hall–Kier alpha value is -2.53. The largest absolute Gasteiger partial charge is 0.483 e. The molecule has 0 radical (unpaired) electrons. The normalized spacial score (nSPS) is 10.2. The lowest BCUT2D eigenvalue weighted by Crippen LogP contribution is -2.35. The van der Waals surface area contributed by atoms with Crippen molar-refractivity contribution in [1.29, 1.82) is 0 Å². The lowest BCUT2D eigenvalue weighted by atomic mass is 10.1. The van der Waals surface area contributed by atoms with Crippen molar-refractivity contribution in [3.8, 4) is 5.75 Å². The van der Waals surface area contributed by atoms with Crippen LogP contribution in [0.5, 0.6) is 5.75 Å². The molecule has 2 N–H and O–H groups in total. The first-order valence-corrected chi connectivity index (χ1v) is 8.25. The Morgan fingerprint density at radius 2 is 1.68 bits per heavy atom. The smallest absolute Gasteiger partial charge is 0.258 e. The Labute approximate surface area is 152 Å². The maximum atomic E-state index is 11.9. The number of nitrogens with one attached hydrogen (secondary N) is 2. The van der Waals surface area contributed by atoms with Gasteiger partial charge < -0.3 is 15.4 Å². The van der Waals surface area contributed by atoms with Crippen LogP contribution in [-0.4, -0.2) is 25.0 Å². The molecule has 0 aliphatic heterocycles. The van der Waals surface area contributed by atoms with Crippen LogP contribution in [0.25, 0.3) is 0 Å². The molecular weight excluding hydrogens is 340 g/mol. The van der Waals surface area contributed by atoms with Crippen molar-refractivity contribution >= 4 is 29.1 Å². The van der Waals surface area contributed by atoms with E-state index in [4.69, 9.17) is 16.3 Å². The van der Waals surface area contributed by atoms with Gasteiger partial charge >= 0.3 is 0 Å². The number of anilines is 1. The van der Waals surface area contributed by atoms with Gasteiger partial charge in [0.2, 0.25) is 5.91 Å². The summed E-state index contributed by atoms with van der Waals surface area (Å²) in [5.74, 6) is -0.0667. The minimum Gasteiger partial charge on any atom is -0.483 e. The summed E-state index contributed by atoms with van der Waals surface area (Å²) in [6.45, 7) is 5.47. The van der Waals surface area contributed by atoms with Crippen LogP contribution in [0.3, 0.4) is 0 Å². The number of aryl methyl sites for hydroxylation is 3. The fraction of sp³-hybridized carbons (Fsp3) is 0.263. The molecule has 2 aromatic carbocycles. The first-order chi connectivity index (χ1) is 11.8. The third-order valence-corrected chi connectivity index (χ3v) is 3.86. The number of halogens is 1. The Balaban J connectivity index is 1.79. The number of hydrogen-bond donors (Lipinski definition) is 2. The van der Waals surface area contributed by atoms with E-state index in [-0.39, 0.29) is 25.0 Å². The summed E-state index contributed by atoms with van der Waals surface area (Å²) in [6.07, 6.45) is 0. The average Bonchev–Trinajstić information content (AvgIpc) is 2.56. The first-order valence-electron chi connectivity index (χ1n) is 7.88. The van der Waals surface area contributed by atoms with E-state index in [0.29, 0.717) is 16.5 Å². The van der Waals surface area contributed by atoms with Crippen LogP contribution in [0, 0.1) is 20.8 Å². The maximum absolute atomic E-state index is 11.9. The summed E-state index contributed by atoms with van der Waals surface area (Å²) in [6, 6.07) is 11.1. The number of ether oxygens (including phenoxy) is 1. The average molecular weight is 361 g/mol. The molecule has 0 saturated carbocycles. The molecule has 2 rings (SSSR count). The van der Waals surface area contributed by atoms with Gasteiger partial charge in [-0.1, -0.05) is 29.8 Å². The van der Waals surface area contributed by atoms with Gasteiger partial charge in [0, 0.05) is 0 Å². The maximum Gasteiger partial charge on any atom is 0.258 e. The minimum atomic E-state index is -0.369. The summed E-state index contributed by atoms with van der Waals surface area (Å²) in [7, 11) is 0. The van der Waals surface area contributed by atoms with E-state index in [1.807, 2.05) is 45.0 Å². The third-order valence-electron chi connectivity index (χ3n) is 3.55. The summed E-state index contributed by atoms with van der Waals surface area (Å²) in [5, 5.41) is 5.63. The minimum absolute atomic E-state index is 0.150. The molecule has 0 aromatic heterocycles. The van der Waals surface area contributed by atoms with Crippen molar-refractivity contribution < 1.29 is 14.3 Å². The molecule has 0 aliphatic rings. The predicted molar refractivity (Wildman–Crippen MR) is 99.2 cm³/mol. The predicted octanol–water partition coefficient (Wildman–Crippen LogP) is 3.40. The van der Waals surface area contributed by atoms with Crippen molar-refractivity contribution in [3.63, 3.8) is 0 Å². The number of benzene rings is 2. The van der Waals surface area contributed by atoms with Crippen LogP contribution in [0.2, 0.25) is 5.02 Å². The van der Waals surface area contributed by atoms with E-state index in [9.17, 15) is 9.59 Å². The number of hydrogen-bond acceptors (Lipinski definition) is 3. The van der Waals surface area contributed by atoms with Crippen molar-refractivity contribution in [2.45, 2.75) is 20.8 Å². The topological polar surface area (TPSA) is 67.4 Å². The zero-order valence-electron chi connectivity index (χ0n) is 14.5. The third kappa shape index (κ3) is 5.80. The quantitative estimate of drug-likeness (QED) is 0.829. The second kappa shape index (κ2) is 8.53. The molecule has 0 saturated heterocycles. The van der Waals surface area contributed by atoms with Crippen LogP contribution in [0.4, 0.5) is 5.69 Å². The fourth-order valence-corrected chi connectivity index (χ4v) is 2.43. The van der Waals surface area contributed by atoms with Crippen molar-refractivity contribution in [2.24, 2.45) is 0 Å². The van der Waals surface area contributed by atoms with E-state index in [2.05, 4.69) is 10.6 Å². The molecule has 0 fully saturated rings.